The lowest BCUT2D eigenvalue weighted by Gasteiger charge is -2.12. The number of nitrogen functional groups attached to an aromatic ring is 1. The first kappa shape index (κ1) is 19.5. The SMILES string of the molecule is COC(=O)c1ccc(Oc2ncnc(NNC(=O)c3ccccc3F)c2N)cc1. The smallest absolute Gasteiger partial charge is 0.337 e. The minimum absolute atomic E-state index is 0.0124. The number of nitrogens with zero attached hydrogens (tertiary/aromatic N) is 2. The number of ether oxygens (including phenoxy) is 2. The van der Waals surface area contributed by atoms with Gasteiger partial charge in [0.2, 0.25) is 5.88 Å². The van der Waals surface area contributed by atoms with Gasteiger partial charge in [0.25, 0.3) is 5.91 Å². The van der Waals surface area contributed by atoms with E-state index in [0.717, 1.165) is 0 Å². The number of hydrogen-bond donors (Lipinski definition) is 3. The second-order valence-electron chi connectivity index (χ2n) is 5.62. The molecule has 148 valence electrons. The van der Waals surface area contributed by atoms with Crippen LogP contribution in [0.15, 0.2) is 54.9 Å². The van der Waals surface area contributed by atoms with Crippen molar-refractivity contribution in [1.82, 2.24) is 15.4 Å². The highest BCUT2D eigenvalue weighted by Gasteiger charge is 2.14. The predicted octanol–water partition coefficient (Wildman–Crippen LogP) is 2.53. The van der Waals surface area contributed by atoms with E-state index in [1.54, 1.807) is 12.1 Å². The van der Waals surface area contributed by atoms with Gasteiger partial charge in [0.15, 0.2) is 5.82 Å². The normalized spacial score (nSPS) is 10.1. The van der Waals surface area contributed by atoms with Gasteiger partial charge in [0.1, 0.15) is 23.6 Å². The molecule has 0 aliphatic heterocycles. The maximum atomic E-state index is 13.7. The molecule has 0 aliphatic carbocycles. The molecule has 1 heterocycles. The maximum Gasteiger partial charge on any atom is 0.337 e. The summed E-state index contributed by atoms with van der Waals surface area (Å²) in [4.78, 5) is 31.4. The number of aromatic nitrogens is 2. The first-order valence-corrected chi connectivity index (χ1v) is 8.27. The lowest BCUT2D eigenvalue weighted by atomic mass is 10.2. The molecule has 2 aromatic carbocycles. The molecule has 0 spiro atoms. The van der Waals surface area contributed by atoms with Gasteiger partial charge < -0.3 is 15.2 Å². The van der Waals surface area contributed by atoms with Crippen molar-refractivity contribution in [3.05, 3.63) is 71.8 Å². The highest BCUT2D eigenvalue weighted by atomic mass is 19.1. The highest BCUT2D eigenvalue weighted by Crippen LogP contribution is 2.29. The van der Waals surface area contributed by atoms with Crippen LogP contribution in [-0.4, -0.2) is 29.0 Å². The Morgan fingerprint density at radius 1 is 1.07 bits per heavy atom. The molecule has 0 fully saturated rings. The third-order valence-electron chi connectivity index (χ3n) is 3.75. The third-order valence-corrected chi connectivity index (χ3v) is 3.75. The number of carbonyl (C=O) groups excluding carboxylic acids is 2. The van der Waals surface area contributed by atoms with Crippen LogP contribution in [-0.2, 0) is 4.74 Å². The van der Waals surface area contributed by atoms with Crippen molar-refractivity contribution in [2.24, 2.45) is 0 Å². The molecule has 3 rings (SSSR count). The van der Waals surface area contributed by atoms with Crippen molar-refractivity contribution in [1.29, 1.82) is 0 Å². The molecular formula is C19H16FN5O4. The molecule has 29 heavy (non-hydrogen) atoms. The summed E-state index contributed by atoms with van der Waals surface area (Å²) in [5, 5.41) is 0. The lowest BCUT2D eigenvalue weighted by Crippen LogP contribution is -2.31. The molecule has 10 heteroatoms. The fourth-order valence-electron chi connectivity index (χ4n) is 2.28. The van der Waals surface area contributed by atoms with E-state index in [4.69, 9.17) is 10.5 Å². The van der Waals surface area contributed by atoms with Crippen LogP contribution in [0.5, 0.6) is 11.6 Å². The van der Waals surface area contributed by atoms with E-state index in [9.17, 15) is 14.0 Å². The Morgan fingerprint density at radius 2 is 1.79 bits per heavy atom. The number of methoxy groups -OCH3 is 1. The van der Waals surface area contributed by atoms with Gasteiger partial charge in [-0.25, -0.2) is 14.2 Å². The number of rotatable bonds is 6. The van der Waals surface area contributed by atoms with Crippen LogP contribution in [0.3, 0.4) is 0 Å². The number of benzene rings is 2. The number of amides is 1. The van der Waals surface area contributed by atoms with Gasteiger partial charge in [-0.2, -0.15) is 4.98 Å². The number of anilines is 2. The van der Waals surface area contributed by atoms with Crippen LogP contribution >= 0.6 is 0 Å². The van der Waals surface area contributed by atoms with Gasteiger partial charge in [-0.05, 0) is 36.4 Å². The molecule has 1 aromatic heterocycles. The summed E-state index contributed by atoms with van der Waals surface area (Å²) in [6.07, 6.45) is 1.17. The van der Waals surface area contributed by atoms with Gasteiger partial charge in [-0.1, -0.05) is 12.1 Å². The molecule has 0 saturated carbocycles. The zero-order valence-corrected chi connectivity index (χ0v) is 15.2. The fraction of sp³-hybridized carbons (Fsp3) is 0.0526. The number of hydrogen-bond acceptors (Lipinski definition) is 8. The summed E-state index contributed by atoms with van der Waals surface area (Å²) in [6, 6.07) is 11.6. The molecule has 0 atom stereocenters. The Labute approximate surface area is 164 Å². The van der Waals surface area contributed by atoms with Crippen LogP contribution < -0.4 is 21.3 Å². The van der Waals surface area contributed by atoms with E-state index in [2.05, 4.69) is 25.6 Å². The largest absolute Gasteiger partial charge is 0.465 e. The zero-order chi connectivity index (χ0) is 20.8. The molecule has 3 aromatic rings. The minimum Gasteiger partial charge on any atom is -0.465 e. The standard InChI is InChI=1S/C19H16FN5O4/c1-28-19(27)11-6-8-12(9-7-11)29-18-15(21)16(22-10-23-18)24-25-17(26)13-4-2-3-5-14(13)20/h2-10H,21H2,1H3,(H,25,26)(H,22,23,24). The van der Waals surface area contributed by atoms with Gasteiger partial charge in [-0.3, -0.25) is 15.6 Å². The highest BCUT2D eigenvalue weighted by molar-refractivity contribution is 5.95. The number of nitrogens with one attached hydrogen (secondary N) is 2. The number of halogens is 1. The summed E-state index contributed by atoms with van der Waals surface area (Å²) in [5.41, 5.74) is 11.0. The molecule has 0 saturated heterocycles. The summed E-state index contributed by atoms with van der Waals surface area (Å²) >= 11 is 0. The van der Waals surface area contributed by atoms with Gasteiger partial charge in [0, 0.05) is 0 Å². The molecule has 1 amide bonds. The molecule has 0 unspecified atom stereocenters. The number of hydrazine groups is 1. The van der Waals surface area contributed by atoms with Crippen molar-refractivity contribution < 1.29 is 23.5 Å². The minimum atomic E-state index is -0.707. The molecule has 0 bridgehead atoms. The van der Waals surface area contributed by atoms with E-state index < -0.39 is 17.7 Å². The van der Waals surface area contributed by atoms with E-state index in [1.807, 2.05) is 0 Å². The Kier molecular flexibility index (Phi) is 5.83. The van der Waals surface area contributed by atoms with Crippen molar-refractivity contribution in [3.63, 3.8) is 0 Å². The number of carbonyl (C=O) groups is 2. The van der Waals surface area contributed by atoms with Crippen molar-refractivity contribution in [2.75, 3.05) is 18.3 Å². The van der Waals surface area contributed by atoms with E-state index in [-0.39, 0.29) is 22.9 Å². The Balaban J connectivity index is 1.70. The quantitative estimate of drug-likeness (QED) is 0.428. The van der Waals surface area contributed by atoms with Crippen LogP contribution in [0.25, 0.3) is 0 Å². The zero-order valence-electron chi connectivity index (χ0n) is 15.2. The average Bonchev–Trinajstić information content (AvgIpc) is 2.74. The monoisotopic (exact) mass is 397 g/mol. The summed E-state index contributed by atoms with van der Waals surface area (Å²) in [6.45, 7) is 0. The van der Waals surface area contributed by atoms with Crippen molar-refractivity contribution >= 4 is 23.4 Å². The summed E-state index contributed by atoms with van der Waals surface area (Å²) in [7, 11) is 1.29. The van der Waals surface area contributed by atoms with Crippen LogP contribution in [0.4, 0.5) is 15.9 Å². The van der Waals surface area contributed by atoms with Crippen molar-refractivity contribution in [3.8, 4) is 11.6 Å². The number of esters is 1. The first-order valence-electron chi connectivity index (χ1n) is 8.27. The van der Waals surface area contributed by atoms with Crippen LogP contribution in [0.2, 0.25) is 0 Å². The third kappa shape index (κ3) is 4.56. The topological polar surface area (TPSA) is 128 Å². The predicted molar refractivity (Wildman–Crippen MR) is 102 cm³/mol. The Morgan fingerprint density at radius 3 is 2.48 bits per heavy atom. The Hall–Kier alpha value is -4.21. The first-order chi connectivity index (χ1) is 14.0. The second-order valence-corrected chi connectivity index (χ2v) is 5.62. The lowest BCUT2D eigenvalue weighted by molar-refractivity contribution is 0.0600. The molecule has 4 N–H and O–H groups in total. The van der Waals surface area contributed by atoms with Gasteiger partial charge in [0.05, 0.1) is 18.2 Å². The fourth-order valence-corrected chi connectivity index (χ4v) is 2.28. The van der Waals surface area contributed by atoms with Gasteiger partial charge in [-0.15, -0.1) is 0 Å². The summed E-state index contributed by atoms with van der Waals surface area (Å²) < 4.78 is 23.9. The number of nitrogens with two attached hydrogens (primary N) is 1. The summed E-state index contributed by atoms with van der Waals surface area (Å²) in [5.74, 6) is -1.40. The van der Waals surface area contributed by atoms with E-state index in [1.165, 1.54) is 49.8 Å². The molecule has 0 radical (unpaired) electrons. The van der Waals surface area contributed by atoms with E-state index >= 15 is 0 Å². The second kappa shape index (κ2) is 8.65. The van der Waals surface area contributed by atoms with Gasteiger partial charge >= 0.3 is 5.97 Å². The van der Waals surface area contributed by atoms with Crippen molar-refractivity contribution in [2.45, 2.75) is 0 Å². The average molecular weight is 397 g/mol. The molecular weight excluding hydrogens is 381 g/mol. The van der Waals surface area contributed by atoms with E-state index in [0.29, 0.717) is 11.3 Å². The molecule has 0 aliphatic rings. The molecule has 9 nitrogen and oxygen atoms in total. The van der Waals surface area contributed by atoms with Crippen LogP contribution in [0, 0.1) is 5.82 Å². The Bertz CT molecular complexity index is 1040. The maximum absolute atomic E-state index is 13.7. The van der Waals surface area contributed by atoms with Crippen LogP contribution in [0.1, 0.15) is 20.7 Å².